The van der Waals surface area contributed by atoms with E-state index in [-0.39, 0.29) is 0 Å². The van der Waals surface area contributed by atoms with Crippen molar-refractivity contribution < 1.29 is 4.74 Å². The largest absolute Gasteiger partial charge is 0.494 e. The minimum atomic E-state index is 0.380. The third kappa shape index (κ3) is 5.60. The van der Waals surface area contributed by atoms with Crippen LogP contribution in [0.2, 0.25) is 0 Å². The lowest BCUT2D eigenvalue weighted by Gasteiger charge is -2.14. The molecule has 0 bridgehead atoms. The number of aromatic nitrogens is 2. The highest BCUT2D eigenvalue weighted by atomic mass is 16.5. The molecule has 0 amide bonds. The first kappa shape index (κ1) is 15.6. The minimum Gasteiger partial charge on any atom is -0.494 e. The van der Waals surface area contributed by atoms with E-state index in [1.807, 2.05) is 35.3 Å². The van der Waals surface area contributed by atoms with Crippen LogP contribution in [0.3, 0.4) is 0 Å². The van der Waals surface area contributed by atoms with Gasteiger partial charge in [0.05, 0.1) is 13.2 Å². The van der Waals surface area contributed by atoms with Crippen molar-refractivity contribution in [2.75, 3.05) is 6.61 Å². The highest BCUT2D eigenvalue weighted by Gasteiger charge is 2.03. The number of ether oxygens (including phenoxy) is 1. The summed E-state index contributed by atoms with van der Waals surface area (Å²) in [5.41, 5.74) is 1.27. The van der Waals surface area contributed by atoms with E-state index in [2.05, 4.69) is 36.4 Å². The molecule has 1 aromatic heterocycles. The lowest BCUT2D eigenvalue weighted by molar-refractivity contribution is 0.309. The smallest absolute Gasteiger partial charge is 0.119 e. The molecule has 2 aromatic rings. The van der Waals surface area contributed by atoms with Crippen LogP contribution in [0.15, 0.2) is 42.7 Å². The van der Waals surface area contributed by atoms with Crippen LogP contribution in [0.1, 0.15) is 32.3 Å². The van der Waals surface area contributed by atoms with Crippen molar-refractivity contribution in [1.82, 2.24) is 15.1 Å². The van der Waals surface area contributed by atoms with Gasteiger partial charge in [-0.25, -0.2) is 0 Å². The molecule has 1 atom stereocenters. The molecule has 4 nitrogen and oxygen atoms in total. The Morgan fingerprint density at radius 3 is 2.76 bits per heavy atom. The Morgan fingerprint density at radius 2 is 2.10 bits per heavy atom. The average Bonchev–Trinajstić information content (AvgIpc) is 2.99. The van der Waals surface area contributed by atoms with Crippen molar-refractivity contribution in [2.45, 2.75) is 45.8 Å². The third-order valence-corrected chi connectivity index (χ3v) is 3.36. The van der Waals surface area contributed by atoms with E-state index in [0.29, 0.717) is 6.04 Å². The fraction of sp³-hybridized carbons (Fsp3) is 0.471. The quantitative estimate of drug-likeness (QED) is 0.720. The van der Waals surface area contributed by atoms with Gasteiger partial charge in [-0.1, -0.05) is 25.5 Å². The maximum atomic E-state index is 5.67. The van der Waals surface area contributed by atoms with Crippen LogP contribution in [0.4, 0.5) is 0 Å². The van der Waals surface area contributed by atoms with E-state index in [4.69, 9.17) is 4.74 Å². The average molecular weight is 287 g/mol. The highest BCUT2D eigenvalue weighted by Crippen LogP contribution is 2.12. The minimum absolute atomic E-state index is 0.380. The zero-order valence-electron chi connectivity index (χ0n) is 13.0. The monoisotopic (exact) mass is 287 g/mol. The van der Waals surface area contributed by atoms with Crippen LogP contribution in [0, 0.1) is 0 Å². The molecule has 0 saturated carbocycles. The second kappa shape index (κ2) is 8.47. The van der Waals surface area contributed by atoms with E-state index in [0.717, 1.165) is 38.3 Å². The molecule has 0 fully saturated rings. The summed E-state index contributed by atoms with van der Waals surface area (Å²) >= 11 is 0. The second-order valence-corrected chi connectivity index (χ2v) is 5.36. The topological polar surface area (TPSA) is 39.1 Å². The van der Waals surface area contributed by atoms with Crippen LogP contribution in [-0.2, 0) is 13.1 Å². The first-order valence-corrected chi connectivity index (χ1v) is 7.70. The molecule has 114 valence electrons. The Hall–Kier alpha value is -1.81. The van der Waals surface area contributed by atoms with Gasteiger partial charge in [-0.05, 0) is 37.1 Å². The summed E-state index contributed by atoms with van der Waals surface area (Å²) < 4.78 is 7.61. The van der Waals surface area contributed by atoms with Gasteiger partial charge in [0.25, 0.3) is 0 Å². The lowest BCUT2D eigenvalue weighted by Crippen LogP contribution is -2.30. The zero-order chi connectivity index (χ0) is 14.9. The van der Waals surface area contributed by atoms with E-state index in [1.165, 1.54) is 5.56 Å². The number of nitrogens with zero attached hydrogens (tertiary/aromatic N) is 2. The van der Waals surface area contributed by atoms with E-state index in [1.54, 1.807) is 0 Å². The van der Waals surface area contributed by atoms with Gasteiger partial charge in [0.1, 0.15) is 5.75 Å². The van der Waals surface area contributed by atoms with Gasteiger partial charge in [0, 0.05) is 25.0 Å². The summed E-state index contributed by atoms with van der Waals surface area (Å²) in [4.78, 5) is 0. The Kier molecular flexibility index (Phi) is 6.28. The van der Waals surface area contributed by atoms with Crippen molar-refractivity contribution in [3.63, 3.8) is 0 Å². The van der Waals surface area contributed by atoms with Crippen LogP contribution < -0.4 is 10.1 Å². The summed E-state index contributed by atoms with van der Waals surface area (Å²) in [6.07, 6.45) is 6.06. The fourth-order valence-corrected chi connectivity index (χ4v) is 2.08. The predicted molar refractivity (Wildman–Crippen MR) is 85.4 cm³/mol. The van der Waals surface area contributed by atoms with Crippen LogP contribution in [-0.4, -0.2) is 22.4 Å². The second-order valence-electron chi connectivity index (χ2n) is 5.36. The summed E-state index contributed by atoms with van der Waals surface area (Å²) in [6.45, 7) is 6.88. The zero-order valence-corrected chi connectivity index (χ0v) is 13.0. The Morgan fingerprint density at radius 1 is 1.29 bits per heavy atom. The number of rotatable bonds is 9. The number of hydrogen-bond donors (Lipinski definition) is 1. The maximum Gasteiger partial charge on any atom is 0.119 e. The summed E-state index contributed by atoms with van der Waals surface area (Å²) in [5.74, 6) is 0.955. The molecule has 0 aliphatic carbocycles. The van der Waals surface area contributed by atoms with Crippen molar-refractivity contribution in [1.29, 1.82) is 0 Å². The van der Waals surface area contributed by atoms with Crippen LogP contribution >= 0.6 is 0 Å². The van der Waals surface area contributed by atoms with Gasteiger partial charge in [-0.3, -0.25) is 4.68 Å². The molecule has 1 N–H and O–H groups in total. The van der Waals surface area contributed by atoms with Gasteiger partial charge in [0.2, 0.25) is 0 Å². The number of unbranched alkanes of at least 4 members (excludes halogenated alkanes) is 1. The van der Waals surface area contributed by atoms with Gasteiger partial charge >= 0.3 is 0 Å². The maximum absolute atomic E-state index is 5.67. The normalized spacial score (nSPS) is 12.3. The Balaban J connectivity index is 1.72. The summed E-state index contributed by atoms with van der Waals surface area (Å²) in [7, 11) is 0. The predicted octanol–water partition coefficient (Wildman–Crippen LogP) is 3.24. The number of nitrogens with one attached hydrogen (secondary N) is 1. The molecule has 1 heterocycles. The van der Waals surface area contributed by atoms with Crippen LogP contribution in [0.25, 0.3) is 0 Å². The molecule has 0 radical (unpaired) electrons. The first-order chi connectivity index (χ1) is 10.3. The fourth-order valence-electron chi connectivity index (χ4n) is 2.08. The molecule has 21 heavy (non-hydrogen) atoms. The Labute approximate surface area is 127 Å². The standard InChI is InChI=1S/C17H25N3O/c1-3-4-12-21-17-8-6-16(7-9-17)13-18-15(2)14-20-11-5-10-19-20/h5-11,15,18H,3-4,12-14H2,1-2H3. The van der Waals surface area contributed by atoms with Crippen molar-refractivity contribution in [2.24, 2.45) is 0 Å². The molecule has 0 saturated heterocycles. The first-order valence-electron chi connectivity index (χ1n) is 7.70. The molecule has 4 heteroatoms. The molecule has 0 spiro atoms. The molecule has 1 unspecified atom stereocenters. The SMILES string of the molecule is CCCCOc1ccc(CNC(C)Cn2cccn2)cc1. The molecule has 2 rings (SSSR count). The van der Waals surface area contributed by atoms with Crippen molar-refractivity contribution in [3.8, 4) is 5.75 Å². The van der Waals surface area contributed by atoms with Gasteiger partial charge in [-0.15, -0.1) is 0 Å². The molecule has 0 aliphatic heterocycles. The number of hydrogen-bond acceptors (Lipinski definition) is 3. The molecular formula is C17H25N3O. The molecular weight excluding hydrogens is 262 g/mol. The van der Waals surface area contributed by atoms with Gasteiger partial charge in [-0.2, -0.15) is 5.10 Å². The van der Waals surface area contributed by atoms with E-state index < -0.39 is 0 Å². The highest BCUT2D eigenvalue weighted by molar-refractivity contribution is 5.27. The van der Waals surface area contributed by atoms with E-state index in [9.17, 15) is 0 Å². The summed E-state index contributed by atoms with van der Waals surface area (Å²) in [5, 5.41) is 7.73. The summed E-state index contributed by atoms with van der Waals surface area (Å²) in [6, 6.07) is 10.7. The van der Waals surface area contributed by atoms with Crippen molar-refractivity contribution >= 4 is 0 Å². The van der Waals surface area contributed by atoms with Crippen molar-refractivity contribution in [3.05, 3.63) is 48.3 Å². The molecule has 0 aliphatic rings. The van der Waals surface area contributed by atoms with Gasteiger partial charge in [0.15, 0.2) is 0 Å². The van der Waals surface area contributed by atoms with Crippen LogP contribution in [0.5, 0.6) is 5.75 Å². The van der Waals surface area contributed by atoms with E-state index >= 15 is 0 Å². The molecule has 1 aromatic carbocycles. The third-order valence-electron chi connectivity index (χ3n) is 3.36. The number of benzene rings is 1. The lowest BCUT2D eigenvalue weighted by atomic mass is 10.2. The van der Waals surface area contributed by atoms with Gasteiger partial charge < -0.3 is 10.1 Å². The Bertz CT molecular complexity index is 493.